The van der Waals surface area contributed by atoms with Crippen LogP contribution in [0.3, 0.4) is 0 Å². The van der Waals surface area contributed by atoms with Gasteiger partial charge in [-0.1, -0.05) is 51.9 Å². The predicted molar refractivity (Wildman–Crippen MR) is 93.2 cm³/mol. The SMILES string of the molecule is CCCCCCC(CCCCCCC(=O)OCC)C(=O)OCC. The van der Waals surface area contributed by atoms with E-state index >= 15 is 0 Å². The molecule has 136 valence electrons. The molecular weight excluding hydrogens is 292 g/mol. The van der Waals surface area contributed by atoms with E-state index in [9.17, 15) is 9.59 Å². The number of carbonyl (C=O) groups is 2. The van der Waals surface area contributed by atoms with Gasteiger partial charge in [0.15, 0.2) is 0 Å². The smallest absolute Gasteiger partial charge is 0.308 e. The number of hydrogen-bond acceptors (Lipinski definition) is 4. The minimum absolute atomic E-state index is 0.0319. The van der Waals surface area contributed by atoms with Crippen LogP contribution in [0.2, 0.25) is 0 Å². The lowest BCUT2D eigenvalue weighted by atomic mass is 9.94. The number of esters is 2. The monoisotopic (exact) mass is 328 g/mol. The van der Waals surface area contributed by atoms with E-state index in [1.54, 1.807) is 0 Å². The first-order valence-electron chi connectivity index (χ1n) is 9.47. The molecule has 0 radical (unpaired) electrons. The second kappa shape index (κ2) is 15.8. The van der Waals surface area contributed by atoms with Crippen molar-refractivity contribution in [2.45, 2.75) is 91.4 Å². The van der Waals surface area contributed by atoms with Crippen LogP contribution in [0.4, 0.5) is 0 Å². The lowest BCUT2D eigenvalue weighted by molar-refractivity contribution is -0.148. The number of ether oxygens (including phenoxy) is 2. The Morgan fingerprint density at radius 1 is 0.739 bits per heavy atom. The molecule has 0 N–H and O–H groups in total. The zero-order valence-electron chi connectivity index (χ0n) is 15.4. The Morgan fingerprint density at radius 3 is 1.87 bits per heavy atom. The maximum atomic E-state index is 12.0. The molecule has 1 atom stereocenters. The summed E-state index contributed by atoms with van der Waals surface area (Å²) in [6, 6.07) is 0. The Hall–Kier alpha value is -1.06. The van der Waals surface area contributed by atoms with Crippen molar-refractivity contribution in [1.29, 1.82) is 0 Å². The van der Waals surface area contributed by atoms with Crippen LogP contribution < -0.4 is 0 Å². The molecule has 0 amide bonds. The normalized spacial score (nSPS) is 12.0. The predicted octanol–water partition coefficient (Wildman–Crippen LogP) is 5.04. The van der Waals surface area contributed by atoms with Crippen LogP contribution in [0.5, 0.6) is 0 Å². The average molecular weight is 328 g/mol. The molecule has 0 fully saturated rings. The molecule has 4 heteroatoms. The highest BCUT2D eigenvalue weighted by Gasteiger charge is 2.18. The van der Waals surface area contributed by atoms with Crippen LogP contribution in [0.1, 0.15) is 91.4 Å². The van der Waals surface area contributed by atoms with Crippen LogP contribution in [-0.2, 0) is 19.1 Å². The highest BCUT2D eigenvalue weighted by atomic mass is 16.5. The van der Waals surface area contributed by atoms with Crippen molar-refractivity contribution < 1.29 is 19.1 Å². The molecule has 0 aliphatic rings. The summed E-state index contributed by atoms with van der Waals surface area (Å²) in [7, 11) is 0. The third-order valence-electron chi connectivity index (χ3n) is 4.01. The van der Waals surface area contributed by atoms with E-state index in [2.05, 4.69) is 6.92 Å². The largest absolute Gasteiger partial charge is 0.466 e. The van der Waals surface area contributed by atoms with E-state index in [4.69, 9.17) is 9.47 Å². The number of unbranched alkanes of at least 4 members (excludes halogenated alkanes) is 6. The van der Waals surface area contributed by atoms with Gasteiger partial charge in [0.05, 0.1) is 19.1 Å². The van der Waals surface area contributed by atoms with E-state index in [0.29, 0.717) is 19.6 Å². The van der Waals surface area contributed by atoms with Crippen LogP contribution in [-0.4, -0.2) is 25.2 Å². The molecule has 0 aliphatic heterocycles. The molecule has 0 bridgehead atoms. The van der Waals surface area contributed by atoms with Crippen molar-refractivity contribution in [3.63, 3.8) is 0 Å². The summed E-state index contributed by atoms with van der Waals surface area (Å²) in [4.78, 5) is 23.2. The molecule has 0 saturated heterocycles. The van der Waals surface area contributed by atoms with Gasteiger partial charge >= 0.3 is 11.9 Å². The highest BCUT2D eigenvalue weighted by Crippen LogP contribution is 2.20. The summed E-state index contributed by atoms with van der Waals surface area (Å²) in [5, 5.41) is 0. The van der Waals surface area contributed by atoms with Gasteiger partial charge in [0.2, 0.25) is 0 Å². The van der Waals surface area contributed by atoms with Gasteiger partial charge in [-0.25, -0.2) is 0 Å². The van der Waals surface area contributed by atoms with E-state index in [1.807, 2.05) is 13.8 Å². The third-order valence-corrected chi connectivity index (χ3v) is 4.01. The maximum absolute atomic E-state index is 12.0. The molecule has 0 rings (SSSR count). The topological polar surface area (TPSA) is 52.6 Å². The first kappa shape index (κ1) is 21.9. The molecule has 0 aromatic heterocycles. The first-order chi connectivity index (χ1) is 11.2. The zero-order chi connectivity index (χ0) is 17.3. The molecule has 0 spiro atoms. The van der Waals surface area contributed by atoms with Crippen molar-refractivity contribution in [2.24, 2.45) is 5.92 Å². The molecule has 0 aromatic carbocycles. The molecule has 0 aromatic rings. The van der Waals surface area contributed by atoms with Crippen molar-refractivity contribution in [2.75, 3.05) is 13.2 Å². The molecule has 4 nitrogen and oxygen atoms in total. The van der Waals surface area contributed by atoms with Gasteiger partial charge < -0.3 is 9.47 Å². The highest BCUT2D eigenvalue weighted by molar-refractivity contribution is 5.72. The second-order valence-electron chi connectivity index (χ2n) is 6.06. The second-order valence-corrected chi connectivity index (χ2v) is 6.06. The van der Waals surface area contributed by atoms with Crippen LogP contribution in [0, 0.1) is 5.92 Å². The fraction of sp³-hybridized carbons (Fsp3) is 0.895. The molecule has 0 aliphatic carbocycles. The Kier molecular flexibility index (Phi) is 15.1. The van der Waals surface area contributed by atoms with Gasteiger partial charge in [-0.05, 0) is 33.1 Å². The van der Waals surface area contributed by atoms with E-state index in [0.717, 1.165) is 44.9 Å². The van der Waals surface area contributed by atoms with Gasteiger partial charge in [0, 0.05) is 6.42 Å². The summed E-state index contributed by atoms with van der Waals surface area (Å²) in [6.07, 6.45) is 11.1. The van der Waals surface area contributed by atoms with Gasteiger partial charge in [-0.15, -0.1) is 0 Å². The molecule has 0 saturated carbocycles. The summed E-state index contributed by atoms with van der Waals surface area (Å²) < 4.78 is 10.1. The van der Waals surface area contributed by atoms with Crippen LogP contribution in [0.25, 0.3) is 0 Å². The van der Waals surface area contributed by atoms with Gasteiger partial charge in [0.1, 0.15) is 0 Å². The van der Waals surface area contributed by atoms with Gasteiger partial charge in [-0.3, -0.25) is 9.59 Å². The van der Waals surface area contributed by atoms with Crippen molar-refractivity contribution in [3.8, 4) is 0 Å². The lowest BCUT2D eigenvalue weighted by Gasteiger charge is -2.15. The van der Waals surface area contributed by atoms with E-state index < -0.39 is 0 Å². The van der Waals surface area contributed by atoms with Crippen molar-refractivity contribution in [3.05, 3.63) is 0 Å². The van der Waals surface area contributed by atoms with Crippen LogP contribution in [0.15, 0.2) is 0 Å². The number of carbonyl (C=O) groups excluding carboxylic acids is 2. The fourth-order valence-electron chi connectivity index (χ4n) is 2.70. The lowest BCUT2D eigenvalue weighted by Crippen LogP contribution is -2.18. The van der Waals surface area contributed by atoms with Crippen molar-refractivity contribution >= 4 is 11.9 Å². The Labute approximate surface area is 142 Å². The molecule has 23 heavy (non-hydrogen) atoms. The summed E-state index contributed by atoms with van der Waals surface area (Å²) in [5.41, 5.74) is 0. The Balaban J connectivity index is 3.85. The summed E-state index contributed by atoms with van der Waals surface area (Å²) >= 11 is 0. The Morgan fingerprint density at radius 2 is 1.30 bits per heavy atom. The number of hydrogen-bond donors (Lipinski definition) is 0. The fourth-order valence-corrected chi connectivity index (χ4v) is 2.70. The van der Waals surface area contributed by atoms with E-state index in [1.165, 1.54) is 19.3 Å². The standard InChI is InChI=1S/C19H36O4/c1-4-7-8-11-14-17(19(21)23-6-3)15-12-9-10-13-16-18(20)22-5-2/h17H,4-16H2,1-3H3. The first-order valence-corrected chi connectivity index (χ1v) is 9.47. The van der Waals surface area contributed by atoms with Crippen LogP contribution >= 0.6 is 0 Å². The van der Waals surface area contributed by atoms with Gasteiger partial charge in [0.25, 0.3) is 0 Å². The average Bonchev–Trinajstić information content (AvgIpc) is 2.53. The zero-order valence-corrected chi connectivity index (χ0v) is 15.4. The maximum Gasteiger partial charge on any atom is 0.308 e. The summed E-state index contributed by atoms with van der Waals surface area (Å²) in [5.74, 6) is -0.0831. The summed E-state index contributed by atoms with van der Waals surface area (Å²) in [6.45, 7) is 6.80. The minimum Gasteiger partial charge on any atom is -0.466 e. The Bertz CT molecular complexity index is 302. The quantitative estimate of drug-likeness (QED) is 0.312. The minimum atomic E-state index is -0.104. The molecule has 0 heterocycles. The molecule has 1 unspecified atom stereocenters. The number of rotatable bonds is 15. The molecular formula is C19H36O4. The van der Waals surface area contributed by atoms with Crippen molar-refractivity contribution in [1.82, 2.24) is 0 Å². The van der Waals surface area contributed by atoms with E-state index in [-0.39, 0.29) is 17.9 Å². The van der Waals surface area contributed by atoms with Gasteiger partial charge in [-0.2, -0.15) is 0 Å². The third kappa shape index (κ3) is 13.1.